The highest BCUT2D eigenvalue weighted by Gasteiger charge is 2.37. The van der Waals surface area contributed by atoms with Gasteiger partial charge in [0.2, 0.25) is 5.91 Å². The van der Waals surface area contributed by atoms with E-state index in [1.807, 2.05) is 20.8 Å². The molecule has 0 aromatic carbocycles. The van der Waals surface area contributed by atoms with Crippen molar-refractivity contribution < 1.29 is 18.0 Å². The van der Waals surface area contributed by atoms with Crippen LogP contribution in [0.1, 0.15) is 63.2 Å². The van der Waals surface area contributed by atoms with Gasteiger partial charge in [-0.2, -0.15) is 23.4 Å². The summed E-state index contributed by atoms with van der Waals surface area (Å²) in [6.07, 6.45) is 1.08. The summed E-state index contributed by atoms with van der Waals surface area (Å²) in [5, 5.41) is 8.34. The van der Waals surface area contributed by atoms with Crippen molar-refractivity contribution in [3.63, 3.8) is 0 Å². The molecule has 3 aromatic heterocycles. The predicted octanol–water partition coefficient (Wildman–Crippen LogP) is 4.00. The quantitative estimate of drug-likeness (QED) is 0.625. The molecule has 31 heavy (non-hydrogen) atoms. The van der Waals surface area contributed by atoms with Crippen LogP contribution in [0.5, 0.6) is 0 Å². The predicted molar refractivity (Wildman–Crippen MR) is 107 cm³/mol. The Bertz CT molecular complexity index is 1080. The minimum Gasteiger partial charge on any atom is -0.332 e. The number of hydrogen-bond donors (Lipinski definition) is 0. The van der Waals surface area contributed by atoms with Gasteiger partial charge in [-0.25, -0.2) is 9.50 Å². The minimum atomic E-state index is -4.58. The van der Waals surface area contributed by atoms with Gasteiger partial charge >= 0.3 is 6.18 Å². The van der Waals surface area contributed by atoms with Gasteiger partial charge < -0.3 is 4.90 Å². The number of halogens is 3. The van der Waals surface area contributed by atoms with Gasteiger partial charge in [-0.1, -0.05) is 20.8 Å². The molecule has 0 radical (unpaired) electrons. The second-order valence-corrected chi connectivity index (χ2v) is 8.92. The number of alkyl halides is 3. The molecule has 0 N–H and O–H groups in total. The van der Waals surface area contributed by atoms with Crippen molar-refractivity contribution in [3.05, 3.63) is 47.7 Å². The van der Waals surface area contributed by atoms with Crippen molar-refractivity contribution in [2.45, 2.75) is 64.2 Å². The molecular formula is C21H25F3N6O. The largest absolute Gasteiger partial charge is 0.433 e. The van der Waals surface area contributed by atoms with E-state index in [2.05, 4.69) is 15.2 Å². The molecule has 0 aliphatic carbocycles. The van der Waals surface area contributed by atoms with E-state index in [0.717, 1.165) is 23.4 Å². The number of piperidine rings is 1. The van der Waals surface area contributed by atoms with Gasteiger partial charge in [0, 0.05) is 30.4 Å². The van der Waals surface area contributed by atoms with Crippen molar-refractivity contribution in [1.82, 2.24) is 29.3 Å². The van der Waals surface area contributed by atoms with Crippen LogP contribution in [0.2, 0.25) is 0 Å². The third kappa shape index (κ3) is 4.28. The zero-order valence-electron chi connectivity index (χ0n) is 17.7. The molecular weight excluding hydrogens is 409 g/mol. The van der Waals surface area contributed by atoms with Gasteiger partial charge in [0.25, 0.3) is 0 Å². The topological polar surface area (TPSA) is 68.3 Å². The first-order valence-corrected chi connectivity index (χ1v) is 10.3. The molecule has 1 saturated heterocycles. The lowest BCUT2D eigenvalue weighted by Crippen LogP contribution is -2.40. The molecule has 0 bridgehead atoms. The number of nitrogens with zero attached hydrogens (tertiary/aromatic N) is 6. The van der Waals surface area contributed by atoms with Crippen LogP contribution in [0.15, 0.2) is 30.6 Å². The Hall–Kier alpha value is -2.91. The van der Waals surface area contributed by atoms with E-state index >= 15 is 0 Å². The van der Waals surface area contributed by atoms with E-state index in [0.29, 0.717) is 24.4 Å². The van der Waals surface area contributed by atoms with E-state index in [1.165, 1.54) is 4.68 Å². The third-order valence-corrected chi connectivity index (χ3v) is 5.53. The summed E-state index contributed by atoms with van der Waals surface area (Å²) in [6.45, 7) is 6.07. The Kier molecular flexibility index (Phi) is 5.26. The maximum atomic E-state index is 13.8. The number of aromatic nitrogens is 5. The fourth-order valence-corrected chi connectivity index (χ4v) is 3.90. The fraction of sp³-hybridized carbons (Fsp3) is 0.524. The highest BCUT2D eigenvalue weighted by atomic mass is 19.4. The summed E-state index contributed by atoms with van der Waals surface area (Å²) in [6, 6.07) is 3.98. The van der Waals surface area contributed by atoms with Crippen molar-refractivity contribution in [2.24, 2.45) is 0 Å². The van der Waals surface area contributed by atoms with Gasteiger partial charge in [-0.15, -0.1) is 0 Å². The summed E-state index contributed by atoms with van der Waals surface area (Å²) in [5.41, 5.74) is -0.506. The molecule has 3 aromatic rings. The molecule has 0 spiro atoms. The number of carbonyl (C=O) groups is 1. The molecule has 1 fully saturated rings. The van der Waals surface area contributed by atoms with Crippen LogP contribution in [0.3, 0.4) is 0 Å². The number of carbonyl (C=O) groups excluding carboxylic acids is 1. The van der Waals surface area contributed by atoms with E-state index in [4.69, 9.17) is 0 Å². The number of amides is 1. The molecule has 1 amide bonds. The lowest BCUT2D eigenvalue weighted by atomic mass is 9.91. The molecule has 1 aliphatic rings. The van der Waals surface area contributed by atoms with Gasteiger partial charge in [0.15, 0.2) is 5.65 Å². The van der Waals surface area contributed by atoms with Crippen LogP contribution in [0, 0.1) is 0 Å². The third-order valence-electron chi connectivity index (χ3n) is 5.53. The maximum absolute atomic E-state index is 13.8. The van der Waals surface area contributed by atoms with Crippen molar-refractivity contribution >= 4 is 11.6 Å². The lowest BCUT2D eigenvalue weighted by Gasteiger charge is -2.34. The Balaban J connectivity index is 1.74. The fourth-order valence-electron chi connectivity index (χ4n) is 3.90. The lowest BCUT2D eigenvalue weighted by molar-refractivity contribution is -0.143. The first kappa shape index (κ1) is 21.3. The van der Waals surface area contributed by atoms with E-state index in [9.17, 15) is 18.0 Å². The molecule has 4 rings (SSSR count). The SMILES string of the molecule is CC(C)(C)c1cc(C(F)(F)F)n2nc([C@@H]3CCCCN3C(=O)Cn3cccn3)cc2n1. The molecule has 166 valence electrons. The Morgan fingerprint density at radius 3 is 2.61 bits per heavy atom. The second-order valence-electron chi connectivity index (χ2n) is 8.92. The van der Waals surface area contributed by atoms with E-state index in [-0.39, 0.29) is 18.1 Å². The smallest absolute Gasteiger partial charge is 0.332 e. The number of fused-ring (bicyclic) bond motifs is 1. The van der Waals surface area contributed by atoms with Crippen LogP contribution in [-0.4, -0.2) is 41.7 Å². The first-order valence-electron chi connectivity index (χ1n) is 10.3. The van der Waals surface area contributed by atoms with Gasteiger partial charge in [-0.3, -0.25) is 9.48 Å². The van der Waals surface area contributed by atoms with Crippen LogP contribution in [0.25, 0.3) is 5.65 Å². The van der Waals surface area contributed by atoms with Gasteiger partial charge in [-0.05, 0) is 31.4 Å². The Labute approximate surface area is 177 Å². The van der Waals surface area contributed by atoms with Crippen LogP contribution >= 0.6 is 0 Å². The van der Waals surface area contributed by atoms with E-state index < -0.39 is 23.3 Å². The number of hydrogen-bond acceptors (Lipinski definition) is 4. The van der Waals surface area contributed by atoms with Crippen molar-refractivity contribution in [3.8, 4) is 0 Å². The summed E-state index contributed by atoms with van der Waals surface area (Å²) in [7, 11) is 0. The summed E-state index contributed by atoms with van der Waals surface area (Å²) in [4.78, 5) is 19.1. The second kappa shape index (κ2) is 7.65. The van der Waals surface area contributed by atoms with E-state index in [1.54, 1.807) is 29.4 Å². The molecule has 1 aliphatic heterocycles. The molecule has 1 atom stereocenters. The zero-order valence-corrected chi connectivity index (χ0v) is 17.7. The highest BCUT2D eigenvalue weighted by Crippen LogP contribution is 2.35. The summed E-state index contributed by atoms with van der Waals surface area (Å²) < 4.78 is 43.8. The summed E-state index contributed by atoms with van der Waals surface area (Å²) >= 11 is 0. The standard InChI is InChI=1S/C21H25F3N6O/c1-20(2,3)16-12-17(21(22,23)24)30-18(26-16)11-14(27-30)15-7-4-5-10-29(15)19(31)13-28-9-6-8-25-28/h6,8-9,11-12,15H,4-5,7,10,13H2,1-3H3/t15-/m0/s1. The van der Waals surface area contributed by atoms with Crippen molar-refractivity contribution in [1.29, 1.82) is 0 Å². The van der Waals surface area contributed by atoms with Gasteiger partial charge in [0.05, 0.1) is 17.4 Å². The Morgan fingerprint density at radius 1 is 1.19 bits per heavy atom. The Morgan fingerprint density at radius 2 is 1.97 bits per heavy atom. The molecule has 10 heteroatoms. The normalized spacial score (nSPS) is 18.0. The molecule has 4 heterocycles. The average Bonchev–Trinajstić information content (AvgIpc) is 3.34. The van der Waals surface area contributed by atoms with Crippen LogP contribution in [0.4, 0.5) is 13.2 Å². The molecule has 7 nitrogen and oxygen atoms in total. The molecule has 0 unspecified atom stereocenters. The van der Waals surface area contributed by atoms with Crippen LogP contribution < -0.4 is 0 Å². The van der Waals surface area contributed by atoms with Gasteiger partial charge in [0.1, 0.15) is 12.2 Å². The highest BCUT2D eigenvalue weighted by molar-refractivity contribution is 5.76. The summed E-state index contributed by atoms with van der Waals surface area (Å²) in [5.74, 6) is -0.134. The average molecular weight is 434 g/mol. The maximum Gasteiger partial charge on any atom is 0.433 e. The minimum absolute atomic E-state index is 0.0805. The first-order chi connectivity index (χ1) is 14.5. The zero-order chi connectivity index (χ0) is 22.4. The number of likely N-dealkylation sites (tertiary alicyclic amines) is 1. The van der Waals surface area contributed by atoms with Crippen molar-refractivity contribution in [2.75, 3.05) is 6.54 Å². The number of rotatable bonds is 3. The molecule has 0 saturated carbocycles. The van der Waals surface area contributed by atoms with Crippen LogP contribution in [-0.2, 0) is 22.9 Å². The monoisotopic (exact) mass is 434 g/mol.